The molecule has 0 aromatic carbocycles. The van der Waals surface area contributed by atoms with Gasteiger partial charge in [-0.25, -0.2) is 0 Å². The Balaban J connectivity index is 2.38. The van der Waals surface area contributed by atoms with Crippen molar-refractivity contribution in [2.75, 3.05) is 59.5 Å². The Morgan fingerprint density at radius 2 is 2.00 bits per heavy atom. The smallest absolute Gasteiger partial charge is 0.279 e. The summed E-state index contributed by atoms with van der Waals surface area (Å²) in [6, 6.07) is 0. The molecule has 1 fully saturated rings. The van der Waals surface area contributed by atoms with E-state index in [4.69, 9.17) is 10.5 Å². The molecular weight excluding hydrogens is 280 g/mol. The zero-order chi connectivity index (χ0) is 14.8. The maximum absolute atomic E-state index is 12.1. The lowest BCUT2D eigenvalue weighted by molar-refractivity contribution is 0.203. The number of hydrogen-bond donors (Lipinski definition) is 2. The molecule has 120 valence electrons. The van der Waals surface area contributed by atoms with Gasteiger partial charge in [-0.3, -0.25) is 0 Å². The molecule has 1 saturated heterocycles. The van der Waals surface area contributed by atoms with Crippen LogP contribution in [0.1, 0.15) is 19.3 Å². The Kier molecular flexibility index (Phi) is 8.58. The van der Waals surface area contributed by atoms with Gasteiger partial charge in [0.2, 0.25) is 0 Å². The molecule has 0 unspecified atom stereocenters. The van der Waals surface area contributed by atoms with Crippen molar-refractivity contribution in [2.45, 2.75) is 19.3 Å². The molecule has 8 heteroatoms. The lowest BCUT2D eigenvalue weighted by Crippen LogP contribution is -2.43. The van der Waals surface area contributed by atoms with Gasteiger partial charge in [-0.05, 0) is 38.9 Å². The predicted molar refractivity (Wildman–Crippen MR) is 79.7 cm³/mol. The van der Waals surface area contributed by atoms with Crippen LogP contribution in [0.5, 0.6) is 0 Å². The lowest BCUT2D eigenvalue weighted by atomic mass is 10.3. The maximum atomic E-state index is 12.1. The molecule has 0 aromatic heterocycles. The van der Waals surface area contributed by atoms with Crippen molar-refractivity contribution in [1.82, 2.24) is 13.9 Å². The van der Waals surface area contributed by atoms with Gasteiger partial charge in [0.25, 0.3) is 10.2 Å². The highest BCUT2D eigenvalue weighted by atomic mass is 32.2. The molecule has 1 aliphatic heterocycles. The first kappa shape index (κ1) is 17.8. The van der Waals surface area contributed by atoms with Crippen molar-refractivity contribution in [1.29, 1.82) is 0 Å². The summed E-state index contributed by atoms with van der Waals surface area (Å²) in [7, 11) is -1.82. The number of rotatable bonds is 9. The normalized spacial score (nSPS) is 19.1. The van der Waals surface area contributed by atoms with Crippen LogP contribution in [0.2, 0.25) is 0 Å². The van der Waals surface area contributed by atoms with Gasteiger partial charge >= 0.3 is 0 Å². The highest BCUT2D eigenvalue weighted by Gasteiger charge is 2.24. The minimum Gasteiger partial charge on any atom is -0.383 e. The van der Waals surface area contributed by atoms with Gasteiger partial charge in [0.05, 0.1) is 6.61 Å². The summed E-state index contributed by atoms with van der Waals surface area (Å²) < 4.78 is 33.2. The minimum absolute atomic E-state index is 0.315. The Morgan fingerprint density at radius 1 is 1.20 bits per heavy atom. The van der Waals surface area contributed by atoms with Gasteiger partial charge in [-0.15, -0.1) is 0 Å². The highest BCUT2D eigenvalue weighted by molar-refractivity contribution is 7.87. The molecular formula is C12H28N4O3S. The van der Waals surface area contributed by atoms with Crippen LogP contribution in [0.15, 0.2) is 0 Å². The largest absolute Gasteiger partial charge is 0.383 e. The van der Waals surface area contributed by atoms with Crippen molar-refractivity contribution >= 4 is 10.2 Å². The van der Waals surface area contributed by atoms with Crippen LogP contribution >= 0.6 is 0 Å². The van der Waals surface area contributed by atoms with E-state index in [9.17, 15) is 8.42 Å². The summed E-state index contributed by atoms with van der Waals surface area (Å²) in [5.41, 5.74) is 5.49. The van der Waals surface area contributed by atoms with Crippen LogP contribution in [-0.4, -0.2) is 77.2 Å². The van der Waals surface area contributed by atoms with E-state index in [0.717, 1.165) is 45.4 Å². The fraction of sp³-hybridized carbons (Fsp3) is 1.00. The van der Waals surface area contributed by atoms with Gasteiger partial charge in [0.15, 0.2) is 0 Å². The molecule has 20 heavy (non-hydrogen) atoms. The third-order valence-electron chi connectivity index (χ3n) is 3.41. The number of nitrogens with two attached hydrogens (primary N) is 1. The molecule has 0 amide bonds. The van der Waals surface area contributed by atoms with E-state index in [1.807, 2.05) is 0 Å². The summed E-state index contributed by atoms with van der Waals surface area (Å²) in [5, 5.41) is 0. The van der Waals surface area contributed by atoms with E-state index in [1.165, 1.54) is 4.31 Å². The molecule has 0 radical (unpaired) electrons. The Morgan fingerprint density at radius 3 is 2.70 bits per heavy atom. The fourth-order valence-corrected chi connectivity index (χ4v) is 3.47. The molecule has 7 nitrogen and oxygen atoms in total. The minimum atomic E-state index is -3.37. The quantitative estimate of drug-likeness (QED) is 0.545. The number of hydrogen-bond acceptors (Lipinski definition) is 5. The fourth-order valence-electron chi connectivity index (χ4n) is 2.25. The first-order chi connectivity index (χ1) is 9.60. The molecule has 0 spiro atoms. The topological polar surface area (TPSA) is 87.9 Å². The third-order valence-corrected chi connectivity index (χ3v) is 5.02. The second kappa shape index (κ2) is 9.64. The van der Waals surface area contributed by atoms with Crippen molar-refractivity contribution in [3.05, 3.63) is 0 Å². The lowest BCUT2D eigenvalue weighted by Gasteiger charge is -2.21. The van der Waals surface area contributed by atoms with Gasteiger partial charge in [0.1, 0.15) is 0 Å². The molecule has 1 aliphatic rings. The number of ether oxygens (including phenoxy) is 1. The number of nitrogens with one attached hydrogen (secondary N) is 1. The average molecular weight is 308 g/mol. The van der Waals surface area contributed by atoms with Crippen LogP contribution in [0.4, 0.5) is 0 Å². The van der Waals surface area contributed by atoms with E-state index in [-0.39, 0.29) is 0 Å². The molecule has 3 N–H and O–H groups in total. The molecule has 1 rings (SSSR count). The predicted octanol–water partition coefficient (Wildman–Crippen LogP) is -0.786. The molecule has 0 aromatic rings. The summed E-state index contributed by atoms with van der Waals surface area (Å²) in [4.78, 5) is 2.32. The Bertz CT molecular complexity index is 351. The molecule has 1 heterocycles. The number of methoxy groups -OCH3 is 1. The van der Waals surface area contributed by atoms with E-state index >= 15 is 0 Å². The van der Waals surface area contributed by atoms with Crippen molar-refractivity contribution < 1.29 is 13.2 Å². The summed E-state index contributed by atoms with van der Waals surface area (Å²) in [5.74, 6) is 0. The van der Waals surface area contributed by atoms with E-state index in [0.29, 0.717) is 26.2 Å². The second-order valence-corrected chi connectivity index (χ2v) is 6.74. The zero-order valence-corrected chi connectivity index (χ0v) is 13.2. The Labute approximate surface area is 122 Å². The van der Waals surface area contributed by atoms with Crippen LogP contribution in [-0.2, 0) is 14.9 Å². The van der Waals surface area contributed by atoms with Crippen LogP contribution in [0, 0.1) is 0 Å². The molecule has 0 saturated carbocycles. The monoisotopic (exact) mass is 308 g/mol. The highest BCUT2D eigenvalue weighted by Crippen LogP contribution is 2.07. The van der Waals surface area contributed by atoms with Crippen molar-refractivity contribution in [3.63, 3.8) is 0 Å². The molecule has 0 bridgehead atoms. The van der Waals surface area contributed by atoms with Gasteiger partial charge in [-0.1, -0.05) is 0 Å². The SMILES string of the molecule is COCCNS(=O)(=O)N1CCCN(CCCCN)CC1. The Hall–Kier alpha value is -0.250. The average Bonchev–Trinajstić information content (AvgIpc) is 2.65. The van der Waals surface area contributed by atoms with Crippen molar-refractivity contribution in [2.24, 2.45) is 5.73 Å². The number of unbranched alkanes of at least 4 members (excludes halogenated alkanes) is 1. The van der Waals surface area contributed by atoms with Crippen LogP contribution in [0.3, 0.4) is 0 Å². The van der Waals surface area contributed by atoms with E-state index in [2.05, 4.69) is 9.62 Å². The first-order valence-electron chi connectivity index (χ1n) is 7.26. The first-order valence-corrected chi connectivity index (χ1v) is 8.70. The molecule has 0 aliphatic carbocycles. The zero-order valence-electron chi connectivity index (χ0n) is 12.4. The van der Waals surface area contributed by atoms with E-state index < -0.39 is 10.2 Å². The van der Waals surface area contributed by atoms with Crippen LogP contribution < -0.4 is 10.5 Å². The molecule has 0 atom stereocenters. The summed E-state index contributed by atoms with van der Waals surface area (Å²) in [6.45, 7) is 5.29. The van der Waals surface area contributed by atoms with Crippen LogP contribution in [0.25, 0.3) is 0 Å². The second-order valence-electron chi connectivity index (χ2n) is 4.98. The summed E-state index contributed by atoms with van der Waals surface area (Å²) >= 11 is 0. The summed E-state index contributed by atoms with van der Waals surface area (Å²) in [6.07, 6.45) is 2.97. The maximum Gasteiger partial charge on any atom is 0.279 e. The standard InChI is InChI=1S/C12H28N4O3S/c1-19-12-6-14-20(17,18)16-9-4-8-15(10-11-16)7-3-2-5-13/h14H,2-13H2,1H3. The van der Waals surface area contributed by atoms with Gasteiger partial charge in [0, 0.05) is 33.3 Å². The number of nitrogens with zero attached hydrogens (tertiary/aromatic N) is 2. The third kappa shape index (κ3) is 6.47. The van der Waals surface area contributed by atoms with E-state index in [1.54, 1.807) is 7.11 Å². The van der Waals surface area contributed by atoms with Gasteiger partial charge in [-0.2, -0.15) is 17.4 Å². The van der Waals surface area contributed by atoms with Crippen molar-refractivity contribution in [3.8, 4) is 0 Å². The van der Waals surface area contributed by atoms with Gasteiger partial charge < -0.3 is 15.4 Å².